The van der Waals surface area contributed by atoms with Crippen molar-refractivity contribution in [1.29, 1.82) is 0 Å². The lowest BCUT2D eigenvalue weighted by atomic mass is 10.0. The van der Waals surface area contributed by atoms with E-state index < -0.39 is 14.9 Å². The molecule has 10 heteroatoms. The fraction of sp³-hybridized carbons (Fsp3) is 0.455. The van der Waals surface area contributed by atoms with E-state index in [1.165, 1.54) is 16.4 Å². The maximum atomic E-state index is 13.3. The first kappa shape index (κ1) is 24.1. The summed E-state index contributed by atoms with van der Waals surface area (Å²) in [4.78, 5) is 13.0. The maximum Gasteiger partial charge on any atom is 0.270 e. The van der Waals surface area contributed by atoms with Gasteiger partial charge in [0.2, 0.25) is 10.0 Å². The quantitative estimate of drug-likeness (QED) is 0.427. The standard InChI is InChI=1S/C22H30N4O5S/c1-3-24(4-2)21(18-8-6-5-7-9-18)17-23-20-11-10-19(26(27)28)16-22(20)32(29,30)25-12-14-31-15-13-25/h5-11,16,21,23H,3-4,12-15,17H2,1-2H3/t21-/m0/s1. The molecule has 9 nitrogen and oxygen atoms in total. The number of morpholine rings is 1. The van der Waals surface area contributed by atoms with E-state index in [-0.39, 0.29) is 29.7 Å². The Labute approximate surface area is 189 Å². The number of hydrogen-bond acceptors (Lipinski definition) is 7. The van der Waals surface area contributed by atoms with Crippen LogP contribution in [-0.4, -0.2) is 68.5 Å². The normalized spacial score (nSPS) is 16.1. The van der Waals surface area contributed by atoms with Gasteiger partial charge in [0.1, 0.15) is 4.90 Å². The van der Waals surface area contributed by atoms with E-state index in [2.05, 4.69) is 24.1 Å². The third-order valence-electron chi connectivity index (χ3n) is 5.69. The van der Waals surface area contributed by atoms with Crippen molar-refractivity contribution in [2.75, 3.05) is 51.3 Å². The van der Waals surface area contributed by atoms with Gasteiger partial charge in [0, 0.05) is 31.8 Å². The van der Waals surface area contributed by atoms with Crippen LogP contribution in [0.3, 0.4) is 0 Å². The number of likely N-dealkylation sites (N-methyl/N-ethyl adjacent to an activating group) is 1. The van der Waals surface area contributed by atoms with E-state index in [9.17, 15) is 18.5 Å². The molecule has 0 saturated carbocycles. The Bertz CT molecular complexity index is 1010. The molecular weight excluding hydrogens is 432 g/mol. The predicted octanol–water partition coefficient (Wildman–Crippen LogP) is 3.11. The van der Waals surface area contributed by atoms with Gasteiger partial charge in [-0.2, -0.15) is 4.31 Å². The number of ether oxygens (including phenoxy) is 1. The summed E-state index contributed by atoms with van der Waals surface area (Å²) in [5, 5.41) is 14.6. The molecule has 0 spiro atoms. The second-order valence-electron chi connectivity index (χ2n) is 7.48. The van der Waals surface area contributed by atoms with Crippen LogP contribution in [0.4, 0.5) is 11.4 Å². The highest BCUT2D eigenvalue weighted by molar-refractivity contribution is 7.89. The third-order valence-corrected chi connectivity index (χ3v) is 7.63. The summed E-state index contributed by atoms with van der Waals surface area (Å²) < 4.78 is 33.3. The number of nitro benzene ring substituents is 1. The van der Waals surface area contributed by atoms with Crippen LogP contribution in [0, 0.1) is 10.1 Å². The van der Waals surface area contributed by atoms with Gasteiger partial charge in [0.15, 0.2) is 0 Å². The van der Waals surface area contributed by atoms with Crippen LogP contribution in [-0.2, 0) is 14.8 Å². The number of nitrogens with zero attached hydrogens (tertiary/aromatic N) is 3. The molecule has 3 rings (SSSR count). The molecule has 1 aliphatic heterocycles. The Morgan fingerprint density at radius 3 is 2.38 bits per heavy atom. The van der Waals surface area contributed by atoms with Crippen molar-refractivity contribution < 1.29 is 18.1 Å². The molecule has 1 heterocycles. The molecule has 174 valence electrons. The van der Waals surface area contributed by atoms with Crippen molar-refractivity contribution >= 4 is 21.4 Å². The highest BCUT2D eigenvalue weighted by Gasteiger charge is 2.31. The van der Waals surface area contributed by atoms with Gasteiger partial charge >= 0.3 is 0 Å². The lowest BCUT2D eigenvalue weighted by Crippen LogP contribution is -2.41. The number of sulfonamides is 1. The van der Waals surface area contributed by atoms with Crippen LogP contribution in [0.1, 0.15) is 25.5 Å². The van der Waals surface area contributed by atoms with E-state index in [1.54, 1.807) is 0 Å². The number of rotatable bonds is 10. The molecule has 0 amide bonds. The molecule has 1 aliphatic rings. The zero-order valence-electron chi connectivity index (χ0n) is 18.4. The van der Waals surface area contributed by atoms with Gasteiger partial charge in [-0.25, -0.2) is 8.42 Å². The summed E-state index contributed by atoms with van der Waals surface area (Å²) in [7, 11) is -3.92. The van der Waals surface area contributed by atoms with Gasteiger partial charge in [0.05, 0.1) is 29.9 Å². The Morgan fingerprint density at radius 1 is 1.12 bits per heavy atom. The smallest absolute Gasteiger partial charge is 0.270 e. The minimum atomic E-state index is -3.92. The average Bonchev–Trinajstić information content (AvgIpc) is 2.82. The van der Waals surface area contributed by atoms with Crippen LogP contribution in [0.2, 0.25) is 0 Å². The molecule has 0 radical (unpaired) electrons. The van der Waals surface area contributed by atoms with Gasteiger partial charge in [-0.05, 0) is 24.7 Å². The Kier molecular flexibility index (Phi) is 8.19. The summed E-state index contributed by atoms with van der Waals surface area (Å²) in [6.07, 6.45) is 0. The first-order valence-electron chi connectivity index (χ1n) is 10.8. The fourth-order valence-corrected chi connectivity index (χ4v) is 5.51. The predicted molar refractivity (Wildman–Crippen MR) is 123 cm³/mol. The Balaban J connectivity index is 1.95. The molecule has 32 heavy (non-hydrogen) atoms. The molecule has 1 fully saturated rings. The average molecular weight is 463 g/mol. The molecule has 2 aromatic rings. The van der Waals surface area contributed by atoms with Crippen LogP contribution in [0.25, 0.3) is 0 Å². The van der Waals surface area contributed by atoms with Crippen molar-refractivity contribution in [2.45, 2.75) is 24.8 Å². The molecule has 0 aromatic heterocycles. The third kappa shape index (κ3) is 5.44. The number of nitro groups is 1. The van der Waals surface area contributed by atoms with Crippen LogP contribution in [0.5, 0.6) is 0 Å². The van der Waals surface area contributed by atoms with E-state index in [0.717, 1.165) is 24.7 Å². The van der Waals surface area contributed by atoms with Gasteiger partial charge < -0.3 is 10.1 Å². The van der Waals surface area contributed by atoms with E-state index in [1.807, 2.05) is 30.3 Å². The molecule has 0 unspecified atom stereocenters. The Morgan fingerprint density at radius 2 is 1.78 bits per heavy atom. The fourth-order valence-electron chi connectivity index (χ4n) is 3.91. The van der Waals surface area contributed by atoms with E-state index in [4.69, 9.17) is 4.74 Å². The lowest BCUT2D eigenvalue weighted by Gasteiger charge is -2.31. The molecule has 2 aromatic carbocycles. The van der Waals surface area contributed by atoms with E-state index in [0.29, 0.717) is 25.4 Å². The highest BCUT2D eigenvalue weighted by atomic mass is 32.2. The van der Waals surface area contributed by atoms with Crippen molar-refractivity contribution in [3.63, 3.8) is 0 Å². The van der Waals surface area contributed by atoms with Crippen LogP contribution >= 0.6 is 0 Å². The minimum absolute atomic E-state index is 0.0142. The number of hydrogen-bond donors (Lipinski definition) is 1. The van der Waals surface area contributed by atoms with Crippen LogP contribution in [0.15, 0.2) is 53.4 Å². The van der Waals surface area contributed by atoms with Gasteiger partial charge in [-0.3, -0.25) is 15.0 Å². The summed E-state index contributed by atoms with van der Waals surface area (Å²) in [5.74, 6) is 0. The molecule has 1 atom stereocenters. The summed E-state index contributed by atoms with van der Waals surface area (Å²) in [6.45, 7) is 7.32. The van der Waals surface area contributed by atoms with E-state index >= 15 is 0 Å². The lowest BCUT2D eigenvalue weighted by molar-refractivity contribution is -0.385. The topological polar surface area (TPSA) is 105 Å². The summed E-state index contributed by atoms with van der Waals surface area (Å²) >= 11 is 0. The van der Waals surface area contributed by atoms with Crippen molar-refractivity contribution in [2.24, 2.45) is 0 Å². The Hall–Kier alpha value is -2.53. The van der Waals surface area contributed by atoms with Crippen molar-refractivity contribution in [1.82, 2.24) is 9.21 Å². The molecular formula is C22H30N4O5S. The van der Waals surface area contributed by atoms with Crippen molar-refractivity contribution in [3.05, 3.63) is 64.2 Å². The second-order valence-corrected chi connectivity index (χ2v) is 9.39. The SMILES string of the molecule is CCN(CC)[C@@H](CNc1ccc([N+](=O)[O-])cc1S(=O)(=O)N1CCOCC1)c1ccccc1. The number of benzene rings is 2. The monoisotopic (exact) mass is 462 g/mol. The molecule has 1 saturated heterocycles. The maximum absolute atomic E-state index is 13.3. The van der Waals surface area contributed by atoms with Crippen LogP contribution < -0.4 is 5.32 Å². The first-order chi connectivity index (χ1) is 15.4. The molecule has 1 N–H and O–H groups in total. The summed E-state index contributed by atoms with van der Waals surface area (Å²) in [5.41, 5.74) is 1.21. The van der Waals surface area contributed by atoms with Gasteiger partial charge in [-0.15, -0.1) is 0 Å². The second kappa shape index (κ2) is 10.9. The first-order valence-corrected chi connectivity index (χ1v) is 12.2. The van der Waals surface area contributed by atoms with Crippen molar-refractivity contribution in [3.8, 4) is 0 Å². The van der Waals surface area contributed by atoms with Gasteiger partial charge in [-0.1, -0.05) is 44.2 Å². The summed E-state index contributed by atoms with van der Waals surface area (Å²) in [6, 6.07) is 14.0. The minimum Gasteiger partial charge on any atom is -0.382 e. The molecule has 0 aliphatic carbocycles. The molecule has 0 bridgehead atoms. The zero-order valence-corrected chi connectivity index (χ0v) is 19.3. The number of non-ortho nitro benzene ring substituents is 1. The van der Waals surface area contributed by atoms with Gasteiger partial charge in [0.25, 0.3) is 5.69 Å². The highest BCUT2D eigenvalue weighted by Crippen LogP contribution is 2.31. The zero-order chi connectivity index (χ0) is 23.1. The largest absolute Gasteiger partial charge is 0.382 e. The number of nitrogens with one attached hydrogen (secondary N) is 1. The number of anilines is 1.